The number of nitrogens with two attached hydrogens (primary N) is 2. The molecule has 70 valence electrons. The van der Waals surface area contributed by atoms with E-state index in [0.29, 0.717) is 0 Å². The van der Waals surface area contributed by atoms with Crippen LogP contribution in [0.4, 0.5) is 0 Å². The molecule has 0 heterocycles. The number of ketones is 1. The number of hydrogen-bond donors (Lipinski definition) is 3. The highest BCUT2D eigenvalue weighted by molar-refractivity contribution is 5.84. The number of carbonyl (C=O) groups is 2. The lowest BCUT2D eigenvalue weighted by molar-refractivity contribution is -0.138. The van der Waals surface area contributed by atoms with Crippen molar-refractivity contribution in [2.45, 2.75) is 31.8 Å². The second-order valence-corrected chi connectivity index (χ2v) is 2.74. The normalized spacial score (nSPS) is 15.2. The van der Waals surface area contributed by atoms with Gasteiger partial charge in [-0.1, -0.05) is 0 Å². The van der Waals surface area contributed by atoms with Crippen molar-refractivity contribution in [3.8, 4) is 0 Å². The van der Waals surface area contributed by atoms with E-state index in [1.54, 1.807) is 6.92 Å². The Hall–Kier alpha value is -0.940. The van der Waals surface area contributed by atoms with E-state index < -0.39 is 18.1 Å². The fourth-order valence-corrected chi connectivity index (χ4v) is 0.649. The summed E-state index contributed by atoms with van der Waals surface area (Å²) in [4.78, 5) is 21.1. The molecule has 0 aliphatic heterocycles. The predicted molar refractivity (Wildman–Crippen MR) is 43.5 cm³/mol. The second-order valence-electron chi connectivity index (χ2n) is 2.74. The summed E-state index contributed by atoms with van der Waals surface area (Å²) in [5.74, 6) is -1.25. The van der Waals surface area contributed by atoms with Gasteiger partial charge in [-0.2, -0.15) is 0 Å². The Morgan fingerprint density at radius 2 is 1.92 bits per heavy atom. The third kappa shape index (κ3) is 4.05. The van der Waals surface area contributed by atoms with Gasteiger partial charge in [0.2, 0.25) is 0 Å². The van der Waals surface area contributed by atoms with Crippen LogP contribution in [0.1, 0.15) is 19.8 Å². The van der Waals surface area contributed by atoms with Gasteiger partial charge in [0.25, 0.3) is 0 Å². The lowest BCUT2D eigenvalue weighted by Crippen LogP contribution is -2.33. The molecule has 0 saturated heterocycles. The number of rotatable bonds is 5. The van der Waals surface area contributed by atoms with E-state index in [4.69, 9.17) is 16.6 Å². The molecule has 12 heavy (non-hydrogen) atoms. The maximum atomic E-state index is 10.9. The molecule has 0 aromatic rings. The Kier molecular flexibility index (Phi) is 4.46. The molecule has 0 aromatic carbocycles. The molecule has 0 fully saturated rings. The first-order valence-electron chi connectivity index (χ1n) is 3.72. The fraction of sp³-hybridized carbons (Fsp3) is 0.714. The molecule has 0 spiro atoms. The van der Waals surface area contributed by atoms with E-state index in [1.807, 2.05) is 0 Å². The molecule has 0 amide bonds. The van der Waals surface area contributed by atoms with Crippen molar-refractivity contribution in [2.75, 3.05) is 0 Å². The maximum Gasteiger partial charge on any atom is 0.320 e. The zero-order valence-corrected chi connectivity index (χ0v) is 6.99. The van der Waals surface area contributed by atoms with Crippen LogP contribution in [0.2, 0.25) is 0 Å². The molecule has 5 N–H and O–H groups in total. The topological polar surface area (TPSA) is 106 Å². The monoisotopic (exact) mass is 174 g/mol. The van der Waals surface area contributed by atoms with Crippen molar-refractivity contribution in [1.82, 2.24) is 0 Å². The van der Waals surface area contributed by atoms with Crippen LogP contribution >= 0.6 is 0 Å². The number of aliphatic carboxylic acids is 1. The molecule has 0 saturated carbocycles. The van der Waals surface area contributed by atoms with Crippen LogP contribution in [-0.4, -0.2) is 28.9 Å². The molecular formula is C7H14N2O3. The Morgan fingerprint density at radius 1 is 1.42 bits per heavy atom. The van der Waals surface area contributed by atoms with Gasteiger partial charge in [0.05, 0.1) is 6.04 Å². The highest BCUT2D eigenvalue weighted by atomic mass is 16.4. The number of carboxylic acids is 1. The van der Waals surface area contributed by atoms with Crippen molar-refractivity contribution in [3.63, 3.8) is 0 Å². The molecule has 5 nitrogen and oxygen atoms in total. The zero-order valence-electron chi connectivity index (χ0n) is 6.99. The van der Waals surface area contributed by atoms with E-state index in [-0.39, 0.29) is 18.6 Å². The Bertz CT molecular complexity index is 179. The van der Waals surface area contributed by atoms with Crippen LogP contribution in [0.3, 0.4) is 0 Å². The van der Waals surface area contributed by atoms with Gasteiger partial charge >= 0.3 is 5.97 Å². The first kappa shape index (κ1) is 11.1. The summed E-state index contributed by atoms with van der Waals surface area (Å²) in [5, 5.41) is 8.37. The molecule has 0 aliphatic carbocycles. The van der Waals surface area contributed by atoms with E-state index in [2.05, 4.69) is 0 Å². The summed E-state index contributed by atoms with van der Waals surface area (Å²) >= 11 is 0. The first-order chi connectivity index (χ1) is 5.45. The summed E-state index contributed by atoms with van der Waals surface area (Å²) in [7, 11) is 0. The first-order valence-corrected chi connectivity index (χ1v) is 3.72. The van der Waals surface area contributed by atoms with Crippen molar-refractivity contribution in [2.24, 2.45) is 11.5 Å². The van der Waals surface area contributed by atoms with E-state index in [9.17, 15) is 9.59 Å². The second kappa shape index (κ2) is 4.84. The fourth-order valence-electron chi connectivity index (χ4n) is 0.649. The van der Waals surface area contributed by atoms with Crippen LogP contribution in [-0.2, 0) is 9.59 Å². The summed E-state index contributed by atoms with van der Waals surface area (Å²) in [6.07, 6.45) is 0.279. The van der Waals surface area contributed by atoms with Gasteiger partial charge in [0, 0.05) is 6.42 Å². The largest absolute Gasteiger partial charge is 0.480 e. The van der Waals surface area contributed by atoms with Crippen LogP contribution in [0.25, 0.3) is 0 Å². The molecule has 0 bridgehead atoms. The van der Waals surface area contributed by atoms with Gasteiger partial charge in [0.15, 0.2) is 0 Å². The summed E-state index contributed by atoms with van der Waals surface area (Å²) in [6, 6.07) is -1.50. The predicted octanol–water partition coefficient (Wildman–Crippen LogP) is -0.905. The minimum Gasteiger partial charge on any atom is -0.480 e. The van der Waals surface area contributed by atoms with Crippen LogP contribution in [0.5, 0.6) is 0 Å². The molecule has 2 unspecified atom stereocenters. The average molecular weight is 174 g/mol. The number of hydrogen-bond acceptors (Lipinski definition) is 4. The Labute approximate surface area is 70.7 Å². The van der Waals surface area contributed by atoms with Gasteiger partial charge in [-0.05, 0) is 13.3 Å². The van der Waals surface area contributed by atoms with E-state index >= 15 is 0 Å². The Balaban J connectivity index is 3.69. The number of carbonyl (C=O) groups excluding carboxylic acids is 1. The lowest BCUT2D eigenvalue weighted by Gasteiger charge is -2.06. The standard InChI is InChI=1S/C7H14N2O3/c1-4(8)6(10)3-2-5(9)7(11)12/h4-5H,2-3,8-9H2,1H3,(H,11,12). The van der Waals surface area contributed by atoms with Gasteiger partial charge in [0.1, 0.15) is 11.8 Å². The summed E-state index contributed by atoms with van der Waals surface area (Å²) < 4.78 is 0. The third-order valence-corrected chi connectivity index (χ3v) is 1.53. The van der Waals surface area contributed by atoms with Gasteiger partial charge in [-0.25, -0.2) is 0 Å². The minimum absolute atomic E-state index is 0.130. The van der Waals surface area contributed by atoms with Crippen molar-refractivity contribution in [3.05, 3.63) is 0 Å². The van der Waals surface area contributed by atoms with Crippen LogP contribution < -0.4 is 11.5 Å². The molecule has 5 heteroatoms. The molecule has 0 rings (SSSR count). The lowest BCUT2D eigenvalue weighted by atomic mass is 10.1. The van der Waals surface area contributed by atoms with Crippen molar-refractivity contribution in [1.29, 1.82) is 0 Å². The van der Waals surface area contributed by atoms with E-state index in [0.717, 1.165) is 0 Å². The molecule has 0 radical (unpaired) electrons. The van der Waals surface area contributed by atoms with Crippen molar-refractivity contribution >= 4 is 11.8 Å². The summed E-state index contributed by atoms with van der Waals surface area (Å²) in [5.41, 5.74) is 10.4. The molecule has 0 aliphatic rings. The quantitative estimate of drug-likeness (QED) is 0.500. The minimum atomic E-state index is -1.09. The highest BCUT2D eigenvalue weighted by Gasteiger charge is 2.14. The van der Waals surface area contributed by atoms with Gasteiger partial charge < -0.3 is 16.6 Å². The molecule has 0 aromatic heterocycles. The number of carboxylic acid groups (broad SMARTS) is 1. The smallest absolute Gasteiger partial charge is 0.320 e. The summed E-state index contributed by atoms with van der Waals surface area (Å²) in [6.45, 7) is 1.56. The van der Waals surface area contributed by atoms with Crippen LogP contribution in [0.15, 0.2) is 0 Å². The maximum absolute atomic E-state index is 10.9. The third-order valence-electron chi connectivity index (χ3n) is 1.53. The Morgan fingerprint density at radius 3 is 2.25 bits per heavy atom. The van der Waals surface area contributed by atoms with Crippen molar-refractivity contribution < 1.29 is 14.7 Å². The molecule has 2 atom stereocenters. The van der Waals surface area contributed by atoms with Gasteiger partial charge in [-0.15, -0.1) is 0 Å². The highest BCUT2D eigenvalue weighted by Crippen LogP contribution is 1.97. The number of Topliss-reactive ketones (excluding diaryl/α,β-unsaturated/α-hetero) is 1. The van der Waals surface area contributed by atoms with Gasteiger partial charge in [-0.3, -0.25) is 9.59 Å². The molecular weight excluding hydrogens is 160 g/mol. The average Bonchev–Trinajstić information content (AvgIpc) is 1.98. The zero-order chi connectivity index (χ0) is 9.72. The SMILES string of the molecule is CC(N)C(=O)CCC(N)C(=O)O. The van der Waals surface area contributed by atoms with Crippen LogP contribution in [0, 0.1) is 0 Å². The van der Waals surface area contributed by atoms with E-state index in [1.165, 1.54) is 0 Å².